The van der Waals surface area contributed by atoms with E-state index in [2.05, 4.69) is 10.6 Å². The van der Waals surface area contributed by atoms with E-state index in [0.717, 1.165) is 6.07 Å². The number of halogens is 2. The molecule has 1 unspecified atom stereocenters. The molecule has 3 nitrogen and oxygen atoms in total. The lowest BCUT2D eigenvalue weighted by Gasteiger charge is -2.14. The fourth-order valence-corrected chi connectivity index (χ4v) is 1.13. The average Bonchev–Trinajstić information content (AvgIpc) is 2.23. The van der Waals surface area contributed by atoms with Crippen molar-refractivity contribution < 1.29 is 13.6 Å². The van der Waals surface area contributed by atoms with Crippen molar-refractivity contribution in [3.8, 4) is 0 Å². The van der Waals surface area contributed by atoms with Crippen LogP contribution in [0.1, 0.15) is 6.92 Å². The molecule has 0 spiro atoms. The van der Waals surface area contributed by atoms with Gasteiger partial charge in [0.05, 0.1) is 5.69 Å². The maximum absolute atomic E-state index is 13.2. The maximum atomic E-state index is 13.2. The number of hydrogen-bond acceptors (Lipinski definition) is 2. The molecule has 0 aliphatic carbocycles. The molecule has 1 aromatic rings. The Hall–Kier alpha value is -1.65. The molecule has 82 valence electrons. The highest BCUT2D eigenvalue weighted by atomic mass is 19.2. The Kier molecular flexibility index (Phi) is 3.60. The summed E-state index contributed by atoms with van der Waals surface area (Å²) in [6.45, 7) is 1.56. The quantitative estimate of drug-likeness (QED) is 0.800. The van der Waals surface area contributed by atoms with Gasteiger partial charge in [0.25, 0.3) is 0 Å². The van der Waals surface area contributed by atoms with Crippen LogP contribution in [-0.4, -0.2) is 19.0 Å². The number of benzene rings is 1. The molecule has 0 aromatic heterocycles. The fraction of sp³-hybridized carbons (Fsp3) is 0.300. The molecule has 1 atom stereocenters. The third-order valence-corrected chi connectivity index (χ3v) is 1.96. The third-order valence-electron chi connectivity index (χ3n) is 1.96. The molecule has 0 fully saturated rings. The summed E-state index contributed by atoms with van der Waals surface area (Å²) in [4.78, 5) is 11.1. The summed E-state index contributed by atoms with van der Waals surface area (Å²) < 4.78 is 26.0. The minimum absolute atomic E-state index is 0.0221. The summed E-state index contributed by atoms with van der Waals surface area (Å²) in [6, 6.07) is 3.14. The third kappa shape index (κ3) is 2.65. The number of rotatable bonds is 3. The summed E-state index contributed by atoms with van der Waals surface area (Å²) in [7, 11) is 1.47. The molecular weight excluding hydrogens is 202 g/mol. The van der Waals surface area contributed by atoms with Crippen molar-refractivity contribution in [3.05, 3.63) is 29.8 Å². The molecule has 0 saturated heterocycles. The van der Waals surface area contributed by atoms with Crippen LogP contribution in [0.5, 0.6) is 0 Å². The van der Waals surface area contributed by atoms with Crippen LogP contribution in [0.15, 0.2) is 18.2 Å². The van der Waals surface area contributed by atoms with Gasteiger partial charge in [-0.25, -0.2) is 8.78 Å². The van der Waals surface area contributed by atoms with Crippen molar-refractivity contribution in [2.75, 3.05) is 12.4 Å². The van der Waals surface area contributed by atoms with Gasteiger partial charge in [0.15, 0.2) is 11.6 Å². The second-order valence-corrected chi connectivity index (χ2v) is 3.08. The van der Waals surface area contributed by atoms with Gasteiger partial charge in [-0.05, 0) is 19.1 Å². The van der Waals surface area contributed by atoms with Gasteiger partial charge in [-0.1, -0.05) is 6.07 Å². The van der Waals surface area contributed by atoms with Crippen LogP contribution in [0.3, 0.4) is 0 Å². The van der Waals surface area contributed by atoms with Gasteiger partial charge in [0.1, 0.15) is 6.04 Å². The van der Waals surface area contributed by atoms with Gasteiger partial charge in [-0.2, -0.15) is 0 Å². The number of likely N-dealkylation sites (N-methyl/N-ethyl adjacent to an activating group) is 1. The van der Waals surface area contributed by atoms with Crippen LogP contribution >= 0.6 is 0 Å². The first-order valence-electron chi connectivity index (χ1n) is 4.48. The van der Waals surface area contributed by atoms with Gasteiger partial charge in [-0.3, -0.25) is 4.79 Å². The van der Waals surface area contributed by atoms with E-state index >= 15 is 0 Å². The van der Waals surface area contributed by atoms with Gasteiger partial charge in [0, 0.05) is 7.05 Å². The molecule has 0 aliphatic rings. The van der Waals surface area contributed by atoms with E-state index in [9.17, 15) is 13.6 Å². The minimum Gasteiger partial charge on any atom is -0.371 e. The highest BCUT2D eigenvalue weighted by molar-refractivity contribution is 5.83. The Labute approximate surface area is 86.5 Å². The van der Waals surface area contributed by atoms with E-state index in [1.807, 2.05) is 0 Å². The topological polar surface area (TPSA) is 41.1 Å². The van der Waals surface area contributed by atoms with E-state index in [-0.39, 0.29) is 11.6 Å². The van der Waals surface area contributed by atoms with E-state index in [4.69, 9.17) is 0 Å². The van der Waals surface area contributed by atoms with Gasteiger partial charge >= 0.3 is 0 Å². The van der Waals surface area contributed by atoms with Crippen molar-refractivity contribution in [3.63, 3.8) is 0 Å². The monoisotopic (exact) mass is 214 g/mol. The van der Waals surface area contributed by atoms with Crippen LogP contribution in [0, 0.1) is 11.6 Å². The minimum atomic E-state index is -0.978. The molecular formula is C10H12F2N2O. The smallest absolute Gasteiger partial charge is 0.241 e. The molecule has 0 saturated carbocycles. The summed E-state index contributed by atoms with van der Waals surface area (Å²) >= 11 is 0. The number of carbonyl (C=O) groups is 1. The predicted octanol–water partition coefficient (Wildman–Crippen LogP) is 1.51. The molecule has 0 heterocycles. The lowest BCUT2D eigenvalue weighted by molar-refractivity contribution is -0.121. The first-order chi connectivity index (χ1) is 7.06. The van der Waals surface area contributed by atoms with Crippen molar-refractivity contribution in [2.45, 2.75) is 13.0 Å². The Balaban J connectivity index is 2.81. The first kappa shape index (κ1) is 11.4. The van der Waals surface area contributed by atoms with Crippen LogP contribution in [0.25, 0.3) is 0 Å². The van der Waals surface area contributed by atoms with E-state index in [0.29, 0.717) is 0 Å². The summed E-state index contributed by atoms with van der Waals surface area (Å²) in [5, 5.41) is 4.98. The molecule has 15 heavy (non-hydrogen) atoms. The lowest BCUT2D eigenvalue weighted by Crippen LogP contribution is -2.35. The molecule has 0 bridgehead atoms. The first-order valence-corrected chi connectivity index (χ1v) is 4.48. The molecule has 1 amide bonds. The van der Waals surface area contributed by atoms with Crippen molar-refractivity contribution in [1.29, 1.82) is 0 Å². The second kappa shape index (κ2) is 4.72. The fourth-order valence-electron chi connectivity index (χ4n) is 1.13. The van der Waals surface area contributed by atoms with Crippen LogP contribution in [-0.2, 0) is 4.79 Å². The van der Waals surface area contributed by atoms with Gasteiger partial charge in [0.2, 0.25) is 5.91 Å². The molecule has 2 N–H and O–H groups in total. The van der Waals surface area contributed by atoms with Crippen LogP contribution in [0.4, 0.5) is 14.5 Å². The Morgan fingerprint density at radius 2 is 2.07 bits per heavy atom. The van der Waals surface area contributed by atoms with Crippen molar-refractivity contribution >= 4 is 11.6 Å². The highest BCUT2D eigenvalue weighted by Crippen LogP contribution is 2.17. The Morgan fingerprint density at radius 1 is 1.40 bits per heavy atom. The van der Waals surface area contributed by atoms with Crippen molar-refractivity contribution in [1.82, 2.24) is 5.32 Å². The number of hydrogen-bond donors (Lipinski definition) is 2. The average molecular weight is 214 g/mol. The second-order valence-electron chi connectivity index (χ2n) is 3.08. The number of amides is 1. The SMILES string of the molecule is CNC(=O)C(C)Nc1cccc(F)c1F. The molecule has 1 aromatic carbocycles. The zero-order valence-electron chi connectivity index (χ0n) is 8.47. The molecule has 5 heteroatoms. The standard InChI is InChI=1S/C10H12F2N2O/c1-6(10(15)13-2)14-8-5-3-4-7(11)9(8)12/h3-6,14H,1-2H3,(H,13,15). The molecule has 0 aliphatic heterocycles. The van der Waals surface area contributed by atoms with Crippen LogP contribution < -0.4 is 10.6 Å². The maximum Gasteiger partial charge on any atom is 0.241 e. The highest BCUT2D eigenvalue weighted by Gasteiger charge is 2.14. The number of carbonyl (C=O) groups excluding carboxylic acids is 1. The predicted molar refractivity (Wildman–Crippen MR) is 53.5 cm³/mol. The Morgan fingerprint density at radius 3 is 2.67 bits per heavy atom. The van der Waals surface area contributed by atoms with Crippen molar-refractivity contribution in [2.24, 2.45) is 0 Å². The normalized spacial score (nSPS) is 12.0. The lowest BCUT2D eigenvalue weighted by atomic mass is 10.2. The summed E-state index contributed by atoms with van der Waals surface area (Å²) in [6.07, 6.45) is 0. The Bertz CT molecular complexity index is 368. The van der Waals surface area contributed by atoms with Gasteiger partial charge < -0.3 is 10.6 Å². The summed E-state index contributed by atoms with van der Waals surface area (Å²) in [5.74, 6) is -2.21. The molecule has 0 radical (unpaired) electrons. The molecule has 1 rings (SSSR count). The zero-order chi connectivity index (χ0) is 11.4. The van der Waals surface area contributed by atoms with E-state index in [1.165, 1.54) is 19.2 Å². The summed E-state index contributed by atoms with van der Waals surface area (Å²) in [5.41, 5.74) is -0.0221. The number of nitrogens with one attached hydrogen (secondary N) is 2. The largest absolute Gasteiger partial charge is 0.371 e. The van der Waals surface area contributed by atoms with Crippen LogP contribution in [0.2, 0.25) is 0 Å². The zero-order valence-corrected chi connectivity index (χ0v) is 8.47. The van der Waals surface area contributed by atoms with E-state index < -0.39 is 17.7 Å². The number of anilines is 1. The van der Waals surface area contributed by atoms with E-state index in [1.54, 1.807) is 6.92 Å². The van der Waals surface area contributed by atoms with Gasteiger partial charge in [-0.15, -0.1) is 0 Å².